The summed E-state index contributed by atoms with van der Waals surface area (Å²) in [6.45, 7) is -2.84. The van der Waals surface area contributed by atoms with Gasteiger partial charge in [0.1, 0.15) is 18.1 Å². The van der Waals surface area contributed by atoms with Crippen LogP contribution >= 0.6 is 0 Å². The molecule has 5 heteroatoms. The zero-order valence-electron chi connectivity index (χ0n) is 13.9. The standard InChI is InChI=1S/C21H18F2O3/c22-21(23)26-20-12-17(6-7-18(20)13-24)16-8-10-19(11-9-16)25-14-15-4-2-1-3-5-15/h1-12,21,24H,13-14H2. The van der Waals surface area contributed by atoms with Crippen molar-refractivity contribution < 1.29 is 23.4 Å². The summed E-state index contributed by atoms with van der Waals surface area (Å²) in [7, 11) is 0. The maximum Gasteiger partial charge on any atom is 0.387 e. The molecule has 0 saturated carbocycles. The van der Waals surface area contributed by atoms with Crippen molar-refractivity contribution in [3.63, 3.8) is 0 Å². The Kier molecular flexibility index (Phi) is 5.81. The lowest BCUT2D eigenvalue weighted by molar-refractivity contribution is -0.0509. The molecule has 1 N–H and O–H groups in total. The molecule has 0 amide bonds. The molecule has 3 rings (SSSR count). The second kappa shape index (κ2) is 8.45. The highest BCUT2D eigenvalue weighted by Gasteiger charge is 2.11. The van der Waals surface area contributed by atoms with Crippen LogP contribution < -0.4 is 9.47 Å². The number of ether oxygens (including phenoxy) is 2. The molecule has 0 spiro atoms. The number of hydrogen-bond donors (Lipinski definition) is 1. The topological polar surface area (TPSA) is 38.7 Å². The Labute approximate surface area is 150 Å². The van der Waals surface area contributed by atoms with Crippen LogP contribution in [0.5, 0.6) is 11.5 Å². The predicted octanol–water partition coefficient (Wildman–Crippen LogP) is 5.03. The molecule has 0 heterocycles. The fourth-order valence-electron chi connectivity index (χ4n) is 2.55. The monoisotopic (exact) mass is 356 g/mol. The summed E-state index contributed by atoms with van der Waals surface area (Å²) in [5, 5.41) is 9.24. The maximum atomic E-state index is 12.5. The predicted molar refractivity (Wildman–Crippen MR) is 95.2 cm³/mol. The molecule has 0 radical (unpaired) electrons. The number of halogens is 2. The molecule has 134 valence electrons. The van der Waals surface area contributed by atoms with Gasteiger partial charge in [-0.25, -0.2) is 0 Å². The van der Waals surface area contributed by atoms with Crippen molar-refractivity contribution in [3.8, 4) is 22.6 Å². The first kappa shape index (κ1) is 17.9. The van der Waals surface area contributed by atoms with Gasteiger partial charge in [0.05, 0.1) is 6.61 Å². The lowest BCUT2D eigenvalue weighted by Crippen LogP contribution is -2.04. The number of alkyl halides is 2. The summed E-state index contributed by atoms with van der Waals surface area (Å²) in [5.41, 5.74) is 2.94. The van der Waals surface area contributed by atoms with E-state index in [1.807, 2.05) is 54.6 Å². The third kappa shape index (κ3) is 4.58. The number of aliphatic hydroxyl groups is 1. The van der Waals surface area contributed by atoms with Crippen molar-refractivity contribution in [2.75, 3.05) is 0 Å². The Hall–Kier alpha value is -2.92. The quantitative estimate of drug-likeness (QED) is 0.646. The van der Waals surface area contributed by atoms with Gasteiger partial charge in [-0.1, -0.05) is 54.6 Å². The van der Waals surface area contributed by atoms with E-state index in [1.165, 1.54) is 6.07 Å². The van der Waals surface area contributed by atoms with Gasteiger partial charge in [0, 0.05) is 5.56 Å². The summed E-state index contributed by atoms with van der Waals surface area (Å²) in [4.78, 5) is 0. The van der Waals surface area contributed by atoms with Crippen LogP contribution in [0.15, 0.2) is 72.8 Å². The Bertz CT molecular complexity index is 834. The SMILES string of the molecule is OCc1ccc(-c2ccc(OCc3ccccc3)cc2)cc1OC(F)F. The van der Waals surface area contributed by atoms with Crippen LogP contribution in [-0.4, -0.2) is 11.7 Å². The van der Waals surface area contributed by atoms with Crippen molar-refractivity contribution in [3.05, 3.63) is 83.9 Å². The number of benzene rings is 3. The molecule has 3 aromatic carbocycles. The van der Waals surface area contributed by atoms with Crippen molar-refractivity contribution >= 4 is 0 Å². The summed E-state index contributed by atoms with van der Waals surface area (Å²) >= 11 is 0. The van der Waals surface area contributed by atoms with Crippen LogP contribution in [0.4, 0.5) is 8.78 Å². The largest absolute Gasteiger partial charge is 0.489 e. The van der Waals surface area contributed by atoms with Crippen molar-refractivity contribution in [2.45, 2.75) is 19.8 Å². The second-order valence-corrected chi connectivity index (χ2v) is 5.66. The summed E-state index contributed by atoms with van der Waals surface area (Å²) in [6, 6.07) is 22.0. The van der Waals surface area contributed by atoms with Crippen LogP contribution in [-0.2, 0) is 13.2 Å². The fourth-order valence-corrected chi connectivity index (χ4v) is 2.55. The molecular weight excluding hydrogens is 338 g/mol. The van der Waals surface area contributed by atoms with Crippen LogP contribution in [0, 0.1) is 0 Å². The van der Waals surface area contributed by atoms with E-state index in [1.54, 1.807) is 12.1 Å². The highest BCUT2D eigenvalue weighted by atomic mass is 19.3. The molecule has 0 saturated heterocycles. The first-order chi connectivity index (χ1) is 12.7. The minimum atomic E-state index is -2.94. The molecular formula is C21H18F2O3. The highest BCUT2D eigenvalue weighted by molar-refractivity contribution is 5.66. The van der Waals surface area contributed by atoms with E-state index in [-0.39, 0.29) is 12.4 Å². The normalized spacial score (nSPS) is 10.8. The van der Waals surface area contributed by atoms with Gasteiger partial charge in [-0.05, 0) is 34.9 Å². The number of hydrogen-bond acceptors (Lipinski definition) is 3. The molecule has 0 aromatic heterocycles. The van der Waals surface area contributed by atoms with Crippen molar-refractivity contribution in [2.24, 2.45) is 0 Å². The van der Waals surface area contributed by atoms with E-state index >= 15 is 0 Å². The van der Waals surface area contributed by atoms with Crippen LogP contribution in [0.1, 0.15) is 11.1 Å². The molecule has 3 nitrogen and oxygen atoms in total. The third-order valence-corrected chi connectivity index (χ3v) is 3.89. The number of aliphatic hydroxyl groups excluding tert-OH is 1. The number of rotatable bonds is 7. The van der Waals surface area contributed by atoms with Crippen LogP contribution in [0.3, 0.4) is 0 Å². The molecule has 0 atom stereocenters. The van der Waals surface area contributed by atoms with Crippen LogP contribution in [0.25, 0.3) is 11.1 Å². The first-order valence-corrected chi connectivity index (χ1v) is 8.11. The molecule has 0 aliphatic heterocycles. The van der Waals surface area contributed by atoms with E-state index in [0.717, 1.165) is 11.1 Å². The van der Waals surface area contributed by atoms with Crippen LogP contribution in [0.2, 0.25) is 0 Å². The average Bonchev–Trinajstić information content (AvgIpc) is 2.67. The summed E-state index contributed by atoms with van der Waals surface area (Å²) in [6.07, 6.45) is 0. The van der Waals surface area contributed by atoms with Gasteiger partial charge < -0.3 is 14.6 Å². The summed E-state index contributed by atoms with van der Waals surface area (Å²) < 4.78 is 35.3. The summed E-state index contributed by atoms with van der Waals surface area (Å²) in [5.74, 6) is 0.693. The van der Waals surface area contributed by atoms with Gasteiger partial charge in [0.15, 0.2) is 0 Å². The van der Waals surface area contributed by atoms with Gasteiger partial charge in [0.25, 0.3) is 0 Å². The molecule has 0 unspecified atom stereocenters. The lowest BCUT2D eigenvalue weighted by Gasteiger charge is -2.12. The zero-order chi connectivity index (χ0) is 18.4. The van der Waals surface area contributed by atoms with E-state index in [0.29, 0.717) is 23.5 Å². The first-order valence-electron chi connectivity index (χ1n) is 8.11. The highest BCUT2D eigenvalue weighted by Crippen LogP contribution is 2.30. The maximum absolute atomic E-state index is 12.5. The Morgan fingerprint density at radius 3 is 2.19 bits per heavy atom. The lowest BCUT2D eigenvalue weighted by atomic mass is 10.0. The van der Waals surface area contributed by atoms with Gasteiger partial charge in [-0.15, -0.1) is 0 Å². The zero-order valence-corrected chi connectivity index (χ0v) is 13.9. The van der Waals surface area contributed by atoms with Crippen molar-refractivity contribution in [1.29, 1.82) is 0 Å². The van der Waals surface area contributed by atoms with Gasteiger partial charge in [-0.3, -0.25) is 0 Å². The van der Waals surface area contributed by atoms with Gasteiger partial charge in [0.2, 0.25) is 0 Å². The average molecular weight is 356 g/mol. The Morgan fingerprint density at radius 1 is 0.846 bits per heavy atom. The van der Waals surface area contributed by atoms with E-state index < -0.39 is 6.61 Å². The minimum Gasteiger partial charge on any atom is -0.489 e. The third-order valence-electron chi connectivity index (χ3n) is 3.89. The molecule has 0 aliphatic carbocycles. The van der Waals surface area contributed by atoms with E-state index in [2.05, 4.69) is 4.74 Å². The molecule has 0 bridgehead atoms. The minimum absolute atomic E-state index is 0.0237. The van der Waals surface area contributed by atoms with Crippen molar-refractivity contribution in [1.82, 2.24) is 0 Å². The molecule has 3 aromatic rings. The van der Waals surface area contributed by atoms with Gasteiger partial charge >= 0.3 is 6.61 Å². The molecule has 26 heavy (non-hydrogen) atoms. The Balaban J connectivity index is 1.73. The van der Waals surface area contributed by atoms with Gasteiger partial charge in [-0.2, -0.15) is 8.78 Å². The fraction of sp³-hybridized carbons (Fsp3) is 0.143. The molecule has 0 aliphatic rings. The second-order valence-electron chi connectivity index (χ2n) is 5.66. The Morgan fingerprint density at radius 2 is 1.54 bits per heavy atom. The molecule has 0 fully saturated rings. The van der Waals surface area contributed by atoms with E-state index in [9.17, 15) is 13.9 Å². The van der Waals surface area contributed by atoms with E-state index in [4.69, 9.17) is 4.74 Å². The smallest absolute Gasteiger partial charge is 0.387 e.